The first-order chi connectivity index (χ1) is 5.88. The molecule has 1 N–H and O–H groups in total. The Hall–Kier alpha value is -0.880. The van der Waals surface area contributed by atoms with E-state index in [0.29, 0.717) is 17.3 Å². The van der Waals surface area contributed by atoms with Gasteiger partial charge in [-0.15, -0.1) is 0 Å². The predicted molar refractivity (Wildman–Crippen MR) is 47.7 cm³/mol. The summed E-state index contributed by atoms with van der Waals surface area (Å²) in [7, 11) is -3.17. The quantitative estimate of drug-likeness (QED) is 0.770. The highest BCUT2D eigenvalue weighted by Gasteiger charge is 2.08. The molecule has 1 rings (SSSR count). The normalized spacial score (nSPS) is 11.9. The van der Waals surface area contributed by atoms with Crippen LogP contribution in [0.4, 0.5) is 0 Å². The summed E-state index contributed by atoms with van der Waals surface area (Å²) in [4.78, 5) is 4.01. The molecule has 0 unspecified atom stereocenters. The number of hydrogen-bond acceptors (Lipinski definition) is 4. The van der Waals surface area contributed by atoms with Crippen molar-refractivity contribution in [3.63, 3.8) is 0 Å². The minimum Gasteiger partial charge on any atom is -0.444 e. The van der Waals surface area contributed by atoms with E-state index < -0.39 is 10.0 Å². The molecule has 74 valence electrons. The first kappa shape index (κ1) is 10.2. The lowest BCUT2D eigenvalue weighted by Gasteiger charge is -1.98. The second-order valence-electron chi connectivity index (χ2n) is 2.83. The van der Waals surface area contributed by atoms with Crippen LogP contribution in [0, 0.1) is 13.8 Å². The van der Waals surface area contributed by atoms with Gasteiger partial charge in [-0.3, -0.25) is 0 Å². The number of rotatable bonds is 3. The summed E-state index contributed by atoms with van der Waals surface area (Å²) in [6.45, 7) is 3.65. The Bertz CT molecular complexity index is 394. The monoisotopic (exact) mass is 204 g/mol. The molecule has 0 amide bonds. The van der Waals surface area contributed by atoms with Gasteiger partial charge in [-0.1, -0.05) is 0 Å². The molecular formula is C7H12N2O3S. The summed E-state index contributed by atoms with van der Waals surface area (Å²) in [6.07, 6.45) is 1.10. The standard InChI is InChI=1S/C7H12N2O3S/c1-5-7(12-6(2)9-5)4-8-13(3,10)11/h8H,4H2,1-3H3. The SMILES string of the molecule is Cc1nc(C)c(CNS(C)(=O)=O)o1. The molecule has 0 saturated heterocycles. The van der Waals surface area contributed by atoms with Crippen LogP contribution in [-0.4, -0.2) is 19.7 Å². The van der Waals surface area contributed by atoms with Crippen molar-refractivity contribution in [2.24, 2.45) is 0 Å². The van der Waals surface area contributed by atoms with Crippen LogP contribution in [0.15, 0.2) is 4.42 Å². The van der Waals surface area contributed by atoms with Crippen molar-refractivity contribution in [3.8, 4) is 0 Å². The Labute approximate surface area is 77.2 Å². The minimum absolute atomic E-state index is 0.158. The number of nitrogens with one attached hydrogen (secondary N) is 1. The van der Waals surface area contributed by atoms with E-state index in [1.807, 2.05) is 0 Å². The molecule has 1 aromatic heterocycles. The summed E-state index contributed by atoms with van der Waals surface area (Å²) < 4.78 is 29.0. The van der Waals surface area contributed by atoms with Crippen LogP contribution in [0.2, 0.25) is 0 Å². The highest BCUT2D eigenvalue weighted by atomic mass is 32.2. The zero-order valence-corrected chi connectivity index (χ0v) is 8.60. The van der Waals surface area contributed by atoms with Gasteiger partial charge in [0.05, 0.1) is 18.5 Å². The number of hydrogen-bond donors (Lipinski definition) is 1. The lowest BCUT2D eigenvalue weighted by atomic mass is 10.4. The Morgan fingerprint density at radius 2 is 2.08 bits per heavy atom. The van der Waals surface area contributed by atoms with Gasteiger partial charge in [0.1, 0.15) is 5.76 Å². The third-order valence-electron chi connectivity index (χ3n) is 1.49. The van der Waals surface area contributed by atoms with Crippen molar-refractivity contribution < 1.29 is 12.8 Å². The van der Waals surface area contributed by atoms with Crippen molar-refractivity contribution in [2.45, 2.75) is 20.4 Å². The van der Waals surface area contributed by atoms with Gasteiger partial charge in [-0.05, 0) is 6.92 Å². The molecule has 5 nitrogen and oxygen atoms in total. The van der Waals surface area contributed by atoms with E-state index in [0.717, 1.165) is 6.26 Å². The van der Waals surface area contributed by atoms with Crippen molar-refractivity contribution in [1.82, 2.24) is 9.71 Å². The van der Waals surface area contributed by atoms with E-state index in [4.69, 9.17) is 4.42 Å². The number of aryl methyl sites for hydroxylation is 2. The molecule has 0 radical (unpaired) electrons. The van der Waals surface area contributed by atoms with Crippen LogP contribution in [0.3, 0.4) is 0 Å². The Kier molecular flexibility index (Phi) is 2.72. The molecule has 0 bridgehead atoms. The molecule has 6 heteroatoms. The molecule has 0 saturated carbocycles. The molecule has 0 aliphatic carbocycles. The van der Waals surface area contributed by atoms with Crippen molar-refractivity contribution in [3.05, 3.63) is 17.3 Å². The van der Waals surface area contributed by atoms with Crippen LogP contribution in [0.5, 0.6) is 0 Å². The fraction of sp³-hybridized carbons (Fsp3) is 0.571. The average molecular weight is 204 g/mol. The summed E-state index contributed by atoms with van der Waals surface area (Å²) in [5, 5.41) is 0. The van der Waals surface area contributed by atoms with Gasteiger partial charge in [-0.25, -0.2) is 18.1 Å². The zero-order valence-electron chi connectivity index (χ0n) is 7.79. The molecule has 0 atom stereocenters. The largest absolute Gasteiger partial charge is 0.444 e. The summed E-state index contributed by atoms with van der Waals surface area (Å²) in [5.74, 6) is 1.10. The second kappa shape index (κ2) is 3.47. The second-order valence-corrected chi connectivity index (χ2v) is 4.67. The van der Waals surface area contributed by atoms with Gasteiger partial charge < -0.3 is 4.42 Å². The molecule has 1 heterocycles. The number of nitrogens with zero attached hydrogens (tertiary/aromatic N) is 1. The first-order valence-corrected chi connectivity index (χ1v) is 5.65. The Morgan fingerprint density at radius 1 is 1.46 bits per heavy atom. The molecule has 0 spiro atoms. The number of sulfonamides is 1. The van der Waals surface area contributed by atoms with Crippen LogP contribution < -0.4 is 4.72 Å². The number of aromatic nitrogens is 1. The average Bonchev–Trinajstić information content (AvgIpc) is 2.24. The summed E-state index contributed by atoms with van der Waals surface area (Å²) in [5.41, 5.74) is 0.716. The van der Waals surface area contributed by atoms with E-state index >= 15 is 0 Å². The van der Waals surface area contributed by atoms with Gasteiger partial charge in [-0.2, -0.15) is 0 Å². The topological polar surface area (TPSA) is 72.2 Å². The highest BCUT2D eigenvalue weighted by Crippen LogP contribution is 2.08. The summed E-state index contributed by atoms with van der Waals surface area (Å²) >= 11 is 0. The maximum Gasteiger partial charge on any atom is 0.209 e. The van der Waals surface area contributed by atoms with E-state index in [1.165, 1.54) is 0 Å². The highest BCUT2D eigenvalue weighted by molar-refractivity contribution is 7.88. The molecule has 0 fully saturated rings. The van der Waals surface area contributed by atoms with E-state index in [1.54, 1.807) is 13.8 Å². The summed E-state index contributed by atoms with van der Waals surface area (Å²) in [6, 6.07) is 0. The molecule has 1 aromatic rings. The van der Waals surface area contributed by atoms with Crippen LogP contribution >= 0.6 is 0 Å². The molecule has 13 heavy (non-hydrogen) atoms. The van der Waals surface area contributed by atoms with Gasteiger partial charge >= 0.3 is 0 Å². The number of oxazole rings is 1. The third-order valence-corrected chi connectivity index (χ3v) is 2.16. The Morgan fingerprint density at radius 3 is 2.46 bits per heavy atom. The first-order valence-electron chi connectivity index (χ1n) is 3.76. The van der Waals surface area contributed by atoms with E-state index in [9.17, 15) is 8.42 Å². The fourth-order valence-corrected chi connectivity index (χ4v) is 1.33. The van der Waals surface area contributed by atoms with Crippen molar-refractivity contribution in [2.75, 3.05) is 6.26 Å². The maximum atomic E-state index is 10.7. The Balaban J connectivity index is 2.70. The maximum absolute atomic E-state index is 10.7. The van der Waals surface area contributed by atoms with Crippen LogP contribution in [0.1, 0.15) is 17.3 Å². The predicted octanol–water partition coefficient (Wildman–Crippen LogP) is 0.341. The minimum atomic E-state index is -3.17. The van der Waals surface area contributed by atoms with Gasteiger partial charge in [0.15, 0.2) is 5.89 Å². The van der Waals surface area contributed by atoms with E-state index in [2.05, 4.69) is 9.71 Å². The van der Waals surface area contributed by atoms with Gasteiger partial charge in [0, 0.05) is 6.92 Å². The molecular weight excluding hydrogens is 192 g/mol. The van der Waals surface area contributed by atoms with Gasteiger partial charge in [0.25, 0.3) is 0 Å². The van der Waals surface area contributed by atoms with Crippen LogP contribution in [0.25, 0.3) is 0 Å². The lowest BCUT2D eigenvalue weighted by molar-refractivity contribution is 0.467. The zero-order chi connectivity index (χ0) is 10.1. The third kappa shape index (κ3) is 3.16. The van der Waals surface area contributed by atoms with Crippen LogP contribution in [-0.2, 0) is 16.6 Å². The molecule has 0 aliphatic heterocycles. The van der Waals surface area contributed by atoms with Gasteiger partial charge in [0.2, 0.25) is 10.0 Å². The van der Waals surface area contributed by atoms with Crippen molar-refractivity contribution in [1.29, 1.82) is 0 Å². The fourth-order valence-electron chi connectivity index (χ4n) is 0.934. The molecule has 0 aliphatic rings. The molecule has 0 aromatic carbocycles. The smallest absolute Gasteiger partial charge is 0.209 e. The van der Waals surface area contributed by atoms with Crippen molar-refractivity contribution >= 4 is 10.0 Å². The lowest BCUT2D eigenvalue weighted by Crippen LogP contribution is -2.21. The van der Waals surface area contributed by atoms with E-state index in [-0.39, 0.29) is 6.54 Å².